The van der Waals surface area contributed by atoms with Crippen LogP contribution in [0.1, 0.15) is 96.3 Å². The predicted molar refractivity (Wildman–Crippen MR) is 205 cm³/mol. The van der Waals surface area contributed by atoms with E-state index in [1.807, 2.05) is 11.8 Å². The van der Waals surface area contributed by atoms with Crippen LogP contribution in [0.2, 0.25) is 0 Å². The van der Waals surface area contributed by atoms with Crippen molar-refractivity contribution < 1.29 is 48.1 Å². The van der Waals surface area contributed by atoms with Crippen molar-refractivity contribution in [1.29, 1.82) is 0 Å². The minimum atomic E-state index is -0.838. The molecule has 0 aromatic carbocycles. The smallest absolute Gasteiger partial charge is 0.315 e. The Bertz CT molecular complexity index is 1120. The molecule has 0 saturated carbocycles. The highest BCUT2D eigenvalue weighted by molar-refractivity contribution is 8.00. The molecule has 18 heteroatoms. The van der Waals surface area contributed by atoms with Crippen LogP contribution in [0.5, 0.6) is 0 Å². The zero-order valence-corrected chi connectivity index (χ0v) is 32.6. The molecule has 0 aliphatic carbocycles. The number of aliphatic carboxylic acids is 1. The summed E-state index contributed by atoms with van der Waals surface area (Å²) in [4.78, 5) is 71.4. The van der Waals surface area contributed by atoms with Crippen LogP contribution in [0, 0.1) is 0 Å². The van der Waals surface area contributed by atoms with Gasteiger partial charge in [-0.25, -0.2) is 4.79 Å². The molecular formula is C36H65N7O10S. The highest BCUT2D eigenvalue weighted by Gasteiger charge is 2.42. The first-order valence-corrected chi connectivity index (χ1v) is 20.7. The van der Waals surface area contributed by atoms with E-state index < -0.39 is 12.0 Å². The van der Waals surface area contributed by atoms with Gasteiger partial charge in [-0.15, -0.1) is 0 Å². The number of carbonyl (C=O) groups is 6. The summed E-state index contributed by atoms with van der Waals surface area (Å²) in [7, 11) is 0. The first kappa shape index (κ1) is 47.0. The van der Waals surface area contributed by atoms with Crippen molar-refractivity contribution in [2.45, 2.75) is 120 Å². The summed E-state index contributed by atoms with van der Waals surface area (Å²) in [6, 6.07) is -0.349. The number of rotatable bonds is 34. The van der Waals surface area contributed by atoms with E-state index in [0.29, 0.717) is 116 Å². The Labute approximate surface area is 323 Å². The molecule has 4 atom stereocenters. The molecule has 0 aromatic rings. The predicted octanol–water partition coefficient (Wildman–Crippen LogP) is 0.930. The van der Waals surface area contributed by atoms with Crippen molar-refractivity contribution in [3.8, 4) is 0 Å². The molecule has 2 aliphatic rings. The third-order valence-electron chi connectivity index (χ3n) is 8.94. The van der Waals surface area contributed by atoms with Gasteiger partial charge < -0.3 is 57.0 Å². The number of ether oxygens (including phenoxy) is 3. The molecule has 0 aromatic heterocycles. The Balaban J connectivity index is 1.38. The van der Waals surface area contributed by atoms with E-state index in [9.17, 15) is 28.8 Å². The van der Waals surface area contributed by atoms with Crippen LogP contribution in [0.15, 0.2) is 0 Å². The molecule has 6 amide bonds. The second-order valence-corrected chi connectivity index (χ2v) is 14.8. The number of unbranched alkanes of at least 4 members (excludes halogenated alkanes) is 4. The van der Waals surface area contributed by atoms with Gasteiger partial charge in [0.1, 0.15) is 6.04 Å². The van der Waals surface area contributed by atoms with Crippen LogP contribution < -0.4 is 37.6 Å². The van der Waals surface area contributed by atoms with Gasteiger partial charge >= 0.3 is 12.0 Å². The molecule has 54 heavy (non-hydrogen) atoms. The number of thioether (sulfide) groups is 1. The number of hydrogen-bond acceptors (Lipinski definition) is 11. The fourth-order valence-corrected chi connectivity index (χ4v) is 7.51. The average Bonchev–Trinajstić information content (AvgIpc) is 3.70. The monoisotopic (exact) mass is 787 g/mol. The number of carboxylic acid groups (broad SMARTS) is 1. The molecule has 2 aliphatic heterocycles. The summed E-state index contributed by atoms with van der Waals surface area (Å²) < 4.78 is 16.7. The normalized spacial score (nSPS) is 17.9. The van der Waals surface area contributed by atoms with Gasteiger partial charge in [0.15, 0.2) is 0 Å². The maximum atomic E-state index is 12.8. The fraction of sp³-hybridized carbons (Fsp3) is 0.833. The van der Waals surface area contributed by atoms with Crippen molar-refractivity contribution in [2.75, 3.05) is 71.6 Å². The number of fused-ring (bicyclic) bond motifs is 1. The van der Waals surface area contributed by atoms with Crippen molar-refractivity contribution in [1.82, 2.24) is 31.9 Å². The summed E-state index contributed by atoms with van der Waals surface area (Å²) >= 11 is 1.89. The first-order chi connectivity index (χ1) is 26.2. The second-order valence-electron chi connectivity index (χ2n) is 13.5. The van der Waals surface area contributed by atoms with Gasteiger partial charge in [0.05, 0.1) is 38.5 Å². The second kappa shape index (κ2) is 30.1. The minimum absolute atomic E-state index is 0.000988. The number of hydrogen-bond donors (Lipinski definition) is 8. The average molecular weight is 788 g/mol. The third-order valence-corrected chi connectivity index (χ3v) is 10.5. The molecule has 310 valence electrons. The van der Waals surface area contributed by atoms with Gasteiger partial charge in [0.2, 0.25) is 23.6 Å². The van der Waals surface area contributed by atoms with Gasteiger partial charge in [-0.3, -0.25) is 24.0 Å². The lowest BCUT2D eigenvalue weighted by Crippen LogP contribution is -2.47. The Morgan fingerprint density at radius 2 is 1.31 bits per heavy atom. The number of amides is 6. The molecule has 0 radical (unpaired) electrons. The number of carboxylic acids is 1. The Hall–Kier alpha value is -3.19. The minimum Gasteiger partial charge on any atom is -0.481 e. The summed E-state index contributed by atoms with van der Waals surface area (Å²) in [6.45, 7) is 4.53. The summed E-state index contributed by atoms with van der Waals surface area (Å²) in [5, 5.41) is 26.3. The van der Waals surface area contributed by atoms with Crippen LogP contribution in [0.4, 0.5) is 4.79 Å². The lowest BCUT2D eigenvalue weighted by molar-refractivity contribution is -0.137. The van der Waals surface area contributed by atoms with Gasteiger partial charge in [-0.1, -0.05) is 12.8 Å². The molecule has 2 heterocycles. The van der Waals surface area contributed by atoms with Crippen molar-refractivity contribution in [3.05, 3.63) is 0 Å². The molecule has 2 fully saturated rings. The molecule has 2 rings (SSSR count). The van der Waals surface area contributed by atoms with Crippen molar-refractivity contribution in [3.63, 3.8) is 0 Å². The zero-order chi connectivity index (χ0) is 39.2. The lowest BCUT2D eigenvalue weighted by Gasteiger charge is -2.18. The summed E-state index contributed by atoms with van der Waals surface area (Å²) in [5.41, 5.74) is 5.59. The molecule has 0 unspecified atom stereocenters. The van der Waals surface area contributed by atoms with E-state index in [0.717, 1.165) is 37.9 Å². The first-order valence-electron chi connectivity index (χ1n) is 19.6. The van der Waals surface area contributed by atoms with Crippen LogP contribution in [-0.2, 0) is 38.2 Å². The quantitative estimate of drug-likeness (QED) is 0.0335. The highest BCUT2D eigenvalue weighted by Crippen LogP contribution is 2.33. The SMILES string of the molecule is NCCCC[C@H](NC(=O)CCC(=O)NCCCCCC(=O)O)C(=O)NCCCOCCOCCOCCCNC(=O)CCCC[C@@H]1SC[C@@H]2NC(=O)N[C@@H]21. The molecular weight excluding hydrogens is 723 g/mol. The number of carbonyl (C=O) groups excluding carboxylic acids is 5. The summed E-state index contributed by atoms with van der Waals surface area (Å²) in [6.07, 6.45) is 8.43. The van der Waals surface area contributed by atoms with E-state index in [4.69, 9.17) is 25.1 Å². The topological polar surface area (TPSA) is 249 Å². The maximum absolute atomic E-state index is 12.8. The number of nitrogens with one attached hydrogen (secondary N) is 6. The Morgan fingerprint density at radius 3 is 2.00 bits per heavy atom. The van der Waals surface area contributed by atoms with Gasteiger partial charge in [-0.2, -0.15) is 11.8 Å². The van der Waals surface area contributed by atoms with E-state index >= 15 is 0 Å². The van der Waals surface area contributed by atoms with Crippen molar-refractivity contribution >= 4 is 47.4 Å². The molecule has 17 nitrogen and oxygen atoms in total. The number of urea groups is 1. The van der Waals surface area contributed by atoms with E-state index in [2.05, 4.69) is 31.9 Å². The fourth-order valence-electron chi connectivity index (χ4n) is 5.96. The standard InChI is InChI=1S/C36H65N7O10S/c37-16-6-5-10-27(41-32(46)15-14-31(45)38-17-7-1-2-13-33(47)48)35(49)40-19-9-21-52-23-25-53-24-22-51-20-8-18-39-30(44)12-4-3-11-29-34-28(26-54-29)42-36(50)43-34/h27-29,34H,1-26,37H2,(H,38,45)(H,39,44)(H,40,49)(H,41,46)(H,47,48)(H2,42,43,50)/t27-,28-,29-,34-/m0/s1. The van der Waals surface area contributed by atoms with Crippen LogP contribution >= 0.6 is 11.8 Å². The van der Waals surface area contributed by atoms with Crippen molar-refractivity contribution in [2.24, 2.45) is 5.73 Å². The van der Waals surface area contributed by atoms with E-state index in [1.54, 1.807) is 0 Å². The van der Waals surface area contributed by atoms with Crippen LogP contribution in [-0.4, -0.2) is 136 Å². The molecule has 2 saturated heterocycles. The van der Waals surface area contributed by atoms with E-state index in [-0.39, 0.29) is 61.0 Å². The Morgan fingerprint density at radius 1 is 0.704 bits per heavy atom. The third kappa shape index (κ3) is 22.9. The molecule has 0 bridgehead atoms. The maximum Gasteiger partial charge on any atom is 0.315 e. The van der Waals surface area contributed by atoms with Gasteiger partial charge in [-0.05, 0) is 64.3 Å². The highest BCUT2D eigenvalue weighted by atomic mass is 32.2. The lowest BCUT2D eigenvalue weighted by atomic mass is 10.0. The Kier molecular flexibility index (Phi) is 26.2. The van der Waals surface area contributed by atoms with E-state index in [1.165, 1.54) is 0 Å². The summed E-state index contributed by atoms with van der Waals surface area (Å²) in [5.74, 6) is -0.778. The van der Waals surface area contributed by atoms with Gasteiger partial charge in [0, 0.05) is 69.5 Å². The zero-order valence-electron chi connectivity index (χ0n) is 31.8. The number of nitrogens with two attached hydrogens (primary N) is 1. The molecule has 0 spiro atoms. The van der Waals surface area contributed by atoms with Gasteiger partial charge in [0.25, 0.3) is 0 Å². The molecule has 9 N–H and O–H groups in total. The largest absolute Gasteiger partial charge is 0.481 e. The van der Waals surface area contributed by atoms with Crippen LogP contribution in [0.25, 0.3) is 0 Å². The van der Waals surface area contributed by atoms with Crippen LogP contribution in [0.3, 0.4) is 0 Å².